The van der Waals surface area contributed by atoms with E-state index in [1.165, 1.54) is 0 Å². The zero-order chi connectivity index (χ0) is 8.82. The minimum absolute atomic E-state index is 0.278. The van der Waals surface area contributed by atoms with Crippen LogP contribution in [0.15, 0.2) is 0 Å². The molecule has 0 aromatic heterocycles. The molecule has 0 amide bonds. The van der Waals surface area contributed by atoms with Crippen molar-refractivity contribution in [2.24, 2.45) is 0 Å². The van der Waals surface area contributed by atoms with E-state index in [0.29, 0.717) is 19.3 Å². The van der Waals surface area contributed by atoms with Crippen molar-refractivity contribution >= 4 is 9.84 Å². The molecule has 2 fully saturated rings. The lowest BCUT2D eigenvalue weighted by molar-refractivity contribution is 0.138. The van der Waals surface area contributed by atoms with Crippen LogP contribution >= 0.6 is 0 Å². The maximum absolute atomic E-state index is 11.5. The summed E-state index contributed by atoms with van der Waals surface area (Å²) in [5, 5.41) is 9.26. The van der Waals surface area contributed by atoms with E-state index < -0.39 is 20.7 Å². The summed E-state index contributed by atoms with van der Waals surface area (Å²) in [5.41, 5.74) is -0.834. The zero-order valence-corrected chi connectivity index (χ0v) is 7.81. The van der Waals surface area contributed by atoms with Crippen LogP contribution in [0.4, 0.5) is 0 Å². The van der Waals surface area contributed by atoms with E-state index >= 15 is 0 Å². The molecule has 4 heteroatoms. The van der Waals surface area contributed by atoms with Crippen LogP contribution in [-0.4, -0.2) is 30.1 Å². The first-order valence-electron chi connectivity index (χ1n) is 4.49. The maximum Gasteiger partial charge on any atom is 0.155 e. The summed E-state index contributed by atoms with van der Waals surface area (Å²) in [4.78, 5) is 0. The Balaban J connectivity index is 2.22. The van der Waals surface area contributed by atoms with Crippen LogP contribution in [0, 0.1) is 0 Å². The van der Waals surface area contributed by atoms with Gasteiger partial charge in [0.1, 0.15) is 0 Å². The highest BCUT2D eigenvalue weighted by Crippen LogP contribution is 2.45. The molecule has 1 aliphatic carbocycles. The highest BCUT2D eigenvalue weighted by Gasteiger charge is 2.53. The number of rotatable bonds is 1. The monoisotopic (exact) mass is 190 g/mol. The molecule has 1 heterocycles. The Kier molecular flexibility index (Phi) is 1.74. The third-order valence-corrected chi connectivity index (χ3v) is 5.34. The smallest absolute Gasteiger partial charge is 0.155 e. The molecule has 1 saturated heterocycles. The first-order valence-corrected chi connectivity index (χ1v) is 6.20. The van der Waals surface area contributed by atoms with E-state index in [1.807, 2.05) is 0 Å². The predicted octanol–water partition coefficient (Wildman–Crippen LogP) is 0.479. The van der Waals surface area contributed by atoms with Crippen molar-refractivity contribution < 1.29 is 13.5 Å². The lowest BCUT2D eigenvalue weighted by Gasteiger charge is -2.26. The van der Waals surface area contributed by atoms with Crippen LogP contribution in [-0.2, 0) is 9.84 Å². The normalized spacial score (nSPS) is 37.6. The van der Waals surface area contributed by atoms with Gasteiger partial charge >= 0.3 is 0 Å². The van der Waals surface area contributed by atoms with E-state index in [4.69, 9.17) is 0 Å². The fourth-order valence-electron chi connectivity index (χ4n) is 2.01. The Morgan fingerprint density at radius 1 is 1.25 bits per heavy atom. The molecule has 70 valence electrons. The largest absolute Gasteiger partial charge is 0.389 e. The summed E-state index contributed by atoms with van der Waals surface area (Å²) in [6.45, 7) is 0. The molecule has 1 N–H and O–H groups in total. The van der Waals surface area contributed by atoms with Crippen molar-refractivity contribution in [1.29, 1.82) is 0 Å². The summed E-state index contributed by atoms with van der Waals surface area (Å²) in [6.07, 6.45) is 3.74. The first-order chi connectivity index (χ1) is 5.55. The zero-order valence-electron chi connectivity index (χ0n) is 6.99. The Morgan fingerprint density at radius 3 is 2.42 bits per heavy atom. The van der Waals surface area contributed by atoms with Gasteiger partial charge in [-0.25, -0.2) is 8.42 Å². The van der Waals surface area contributed by atoms with E-state index in [2.05, 4.69) is 0 Å². The van der Waals surface area contributed by atoms with Crippen LogP contribution in [0.1, 0.15) is 32.1 Å². The molecule has 1 aliphatic heterocycles. The van der Waals surface area contributed by atoms with Gasteiger partial charge in [-0.1, -0.05) is 6.42 Å². The van der Waals surface area contributed by atoms with E-state index in [0.717, 1.165) is 12.8 Å². The van der Waals surface area contributed by atoms with Gasteiger partial charge in [0.2, 0.25) is 0 Å². The first kappa shape index (κ1) is 8.51. The summed E-state index contributed by atoms with van der Waals surface area (Å²) >= 11 is 0. The molecule has 12 heavy (non-hydrogen) atoms. The Morgan fingerprint density at radius 2 is 1.92 bits per heavy atom. The molecule has 0 spiro atoms. The molecule has 1 saturated carbocycles. The Labute approximate surface area is 72.7 Å². The molecule has 2 aliphatic rings. The fraction of sp³-hybridized carbons (Fsp3) is 1.00. The second kappa shape index (κ2) is 2.45. The molecule has 1 atom stereocenters. The molecule has 0 bridgehead atoms. The molecule has 1 unspecified atom stereocenters. The average Bonchev–Trinajstić information content (AvgIpc) is 2.67. The fourth-order valence-corrected chi connectivity index (χ4v) is 4.33. The highest BCUT2D eigenvalue weighted by molar-refractivity contribution is 7.92. The third-order valence-electron chi connectivity index (χ3n) is 2.94. The van der Waals surface area contributed by atoms with Crippen LogP contribution < -0.4 is 0 Å². The summed E-state index contributed by atoms with van der Waals surface area (Å²) in [7, 11) is -2.97. The average molecular weight is 190 g/mol. The maximum atomic E-state index is 11.5. The quantitative estimate of drug-likeness (QED) is 0.654. The lowest BCUT2D eigenvalue weighted by Crippen LogP contribution is -2.39. The number of hydrogen-bond acceptors (Lipinski definition) is 3. The standard InChI is InChI=1S/C8H14O3S/c9-8(4-5-8)7-3-1-2-6-12(7,10)11/h7,9H,1-6H2. The third kappa shape index (κ3) is 1.27. The number of hydrogen-bond donors (Lipinski definition) is 1. The molecule has 2 rings (SSSR count). The van der Waals surface area contributed by atoms with Crippen molar-refractivity contribution in [3.63, 3.8) is 0 Å². The minimum Gasteiger partial charge on any atom is -0.389 e. The van der Waals surface area contributed by atoms with E-state index in [-0.39, 0.29) is 5.75 Å². The predicted molar refractivity (Wildman–Crippen MR) is 45.6 cm³/mol. The van der Waals surface area contributed by atoms with Crippen molar-refractivity contribution in [2.45, 2.75) is 43.0 Å². The topological polar surface area (TPSA) is 54.4 Å². The van der Waals surface area contributed by atoms with Crippen molar-refractivity contribution in [3.8, 4) is 0 Å². The van der Waals surface area contributed by atoms with E-state index in [9.17, 15) is 13.5 Å². The van der Waals surface area contributed by atoms with Crippen LogP contribution in [0.25, 0.3) is 0 Å². The molecule has 0 aromatic rings. The van der Waals surface area contributed by atoms with Gasteiger partial charge in [-0.3, -0.25) is 0 Å². The second-order valence-electron chi connectivity index (χ2n) is 3.95. The number of sulfone groups is 1. The molecule has 0 aromatic carbocycles. The Bertz CT molecular complexity index is 277. The minimum atomic E-state index is -2.97. The van der Waals surface area contributed by atoms with Crippen LogP contribution in [0.3, 0.4) is 0 Å². The van der Waals surface area contributed by atoms with Gasteiger partial charge in [0, 0.05) is 0 Å². The summed E-state index contributed by atoms with van der Waals surface area (Å²) < 4.78 is 23.0. The van der Waals surface area contributed by atoms with Crippen molar-refractivity contribution in [1.82, 2.24) is 0 Å². The SMILES string of the molecule is O=S1(=O)CCCCC1C1(O)CC1. The van der Waals surface area contributed by atoms with Crippen LogP contribution in [0.5, 0.6) is 0 Å². The van der Waals surface area contributed by atoms with Gasteiger partial charge < -0.3 is 5.11 Å². The summed E-state index contributed by atoms with van der Waals surface area (Å²) in [5.74, 6) is 0.278. The van der Waals surface area contributed by atoms with Gasteiger partial charge in [-0.2, -0.15) is 0 Å². The van der Waals surface area contributed by atoms with Gasteiger partial charge in [-0.05, 0) is 25.7 Å². The number of aliphatic hydroxyl groups is 1. The summed E-state index contributed by atoms with van der Waals surface area (Å²) in [6, 6.07) is 0. The van der Waals surface area contributed by atoms with Gasteiger partial charge in [-0.15, -0.1) is 0 Å². The van der Waals surface area contributed by atoms with Gasteiger partial charge in [0.05, 0.1) is 16.6 Å². The molecule has 0 radical (unpaired) electrons. The lowest BCUT2D eigenvalue weighted by atomic mass is 10.1. The highest BCUT2D eigenvalue weighted by atomic mass is 32.2. The Hall–Kier alpha value is -0.0900. The second-order valence-corrected chi connectivity index (χ2v) is 6.26. The van der Waals surface area contributed by atoms with E-state index in [1.54, 1.807) is 0 Å². The molecular weight excluding hydrogens is 176 g/mol. The van der Waals surface area contributed by atoms with Crippen molar-refractivity contribution in [3.05, 3.63) is 0 Å². The van der Waals surface area contributed by atoms with Gasteiger partial charge in [0.25, 0.3) is 0 Å². The molecular formula is C8H14O3S. The van der Waals surface area contributed by atoms with Crippen LogP contribution in [0.2, 0.25) is 0 Å². The van der Waals surface area contributed by atoms with Crippen molar-refractivity contribution in [2.75, 3.05) is 5.75 Å². The molecule has 3 nitrogen and oxygen atoms in total. The van der Waals surface area contributed by atoms with Gasteiger partial charge in [0.15, 0.2) is 9.84 Å².